The number of ether oxygens (including phenoxy) is 2. The molecule has 0 atom stereocenters. The molecule has 0 N–H and O–H groups in total. The Balaban J connectivity index is 2.44. The van der Waals surface area contributed by atoms with E-state index in [1.165, 1.54) is 7.11 Å². The normalized spacial score (nSPS) is 10.0. The molecule has 108 valence electrons. The Kier molecular flexibility index (Phi) is 4.38. The van der Waals surface area contributed by atoms with Crippen molar-refractivity contribution in [2.75, 3.05) is 7.11 Å². The fourth-order valence-electron chi connectivity index (χ4n) is 2.10. The van der Waals surface area contributed by atoms with Crippen LogP contribution in [0.25, 0.3) is 0 Å². The molecule has 0 aliphatic carbocycles. The Hall–Kier alpha value is -2.62. The zero-order valence-corrected chi connectivity index (χ0v) is 12.2. The highest BCUT2D eigenvalue weighted by Crippen LogP contribution is 2.28. The lowest BCUT2D eigenvalue weighted by atomic mass is 9.96. The van der Waals surface area contributed by atoms with Crippen molar-refractivity contribution < 1.29 is 19.1 Å². The summed E-state index contributed by atoms with van der Waals surface area (Å²) in [6, 6.07) is 12.5. The second kappa shape index (κ2) is 6.22. The van der Waals surface area contributed by atoms with E-state index in [4.69, 9.17) is 4.74 Å². The average molecular weight is 284 g/mol. The maximum atomic E-state index is 12.5. The van der Waals surface area contributed by atoms with Crippen LogP contribution in [0.4, 0.5) is 4.79 Å². The van der Waals surface area contributed by atoms with Gasteiger partial charge in [0.25, 0.3) is 0 Å². The lowest BCUT2D eigenvalue weighted by molar-refractivity contribution is 0.103. The summed E-state index contributed by atoms with van der Waals surface area (Å²) in [5.74, 6) is 0.256. The van der Waals surface area contributed by atoms with Crippen LogP contribution in [0.3, 0.4) is 0 Å². The Morgan fingerprint density at radius 1 is 0.952 bits per heavy atom. The Labute approximate surface area is 123 Å². The molecule has 0 radical (unpaired) electrons. The highest BCUT2D eigenvalue weighted by molar-refractivity contribution is 6.10. The topological polar surface area (TPSA) is 52.6 Å². The molecule has 0 saturated carbocycles. The molecule has 2 rings (SSSR count). The number of aryl methyl sites for hydroxylation is 1. The SMILES string of the molecule is COC(=O)Oc1c(C)ccc(C(=O)c2ccccc2)c1C. The van der Waals surface area contributed by atoms with Gasteiger partial charge in [-0.15, -0.1) is 0 Å². The molecule has 0 bridgehead atoms. The molecule has 4 heteroatoms. The first-order valence-corrected chi connectivity index (χ1v) is 6.50. The van der Waals surface area contributed by atoms with Crippen molar-refractivity contribution in [2.24, 2.45) is 0 Å². The molecular formula is C17H16O4. The summed E-state index contributed by atoms with van der Waals surface area (Å²) in [6.07, 6.45) is -0.800. The van der Waals surface area contributed by atoms with Gasteiger partial charge in [0.1, 0.15) is 5.75 Å². The summed E-state index contributed by atoms with van der Waals surface area (Å²) in [5, 5.41) is 0. The summed E-state index contributed by atoms with van der Waals surface area (Å²) in [6.45, 7) is 3.56. The lowest BCUT2D eigenvalue weighted by Crippen LogP contribution is -2.12. The summed E-state index contributed by atoms with van der Waals surface area (Å²) in [7, 11) is 1.24. The van der Waals surface area contributed by atoms with Gasteiger partial charge in [-0.1, -0.05) is 42.5 Å². The van der Waals surface area contributed by atoms with Crippen LogP contribution < -0.4 is 4.74 Å². The summed E-state index contributed by atoms with van der Waals surface area (Å²) in [5.41, 5.74) is 2.48. The van der Waals surface area contributed by atoms with Gasteiger partial charge in [-0.3, -0.25) is 4.79 Å². The van der Waals surface area contributed by atoms with Gasteiger partial charge in [-0.05, 0) is 19.4 Å². The van der Waals surface area contributed by atoms with Crippen molar-refractivity contribution in [1.29, 1.82) is 0 Å². The van der Waals surface area contributed by atoms with E-state index in [9.17, 15) is 9.59 Å². The van der Waals surface area contributed by atoms with Crippen LogP contribution in [0.1, 0.15) is 27.0 Å². The quantitative estimate of drug-likeness (QED) is 0.490. The van der Waals surface area contributed by atoms with Crippen molar-refractivity contribution in [3.63, 3.8) is 0 Å². The van der Waals surface area contributed by atoms with Crippen molar-refractivity contribution in [2.45, 2.75) is 13.8 Å². The summed E-state index contributed by atoms with van der Waals surface area (Å²) < 4.78 is 9.64. The van der Waals surface area contributed by atoms with Crippen molar-refractivity contribution in [3.05, 3.63) is 64.7 Å². The third-order valence-electron chi connectivity index (χ3n) is 3.24. The molecule has 0 spiro atoms. The van der Waals surface area contributed by atoms with Crippen LogP contribution in [-0.2, 0) is 4.74 Å². The average Bonchev–Trinajstić information content (AvgIpc) is 2.51. The van der Waals surface area contributed by atoms with Crippen LogP contribution in [0.15, 0.2) is 42.5 Å². The molecule has 2 aromatic rings. The zero-order chi connectivity index (χ0) is 15.4. The number of carbonyl (C=O) groups is 2. The van der Waals surface area contributed by atoms with Gasteiger partial charge in [-0.2, -0.15) is 0 Å². The van der Waals surface area contributed by atoms with E-state index in [-0.39, 0.29) is 5.78 Å². The zero-order valence-electron chi connectivity index (χ0n) is 12.2. The second-order valence-corrected chi connectivity index (χ2v) is 4.64. The molecule has 0 unspecified atom stereocenters. The van der Waals surface area contributed by atoms with Gasteiger partial charge >= 0.3 is 6.16 Å². The summed E-state index contributed by atoms with van der Waals surface area (Å²) in [4.78, 5) is 23.8. The minimum atomic E-state index is -0.800. The van der Waals surface area contributed by atoms with Crippen LogP contribution in [0.2, 0.25) is 0 Å². The van der Waals surface area contributed by atoms with E-state index in [1.54, 1.807) is 31.2 Å². The van der Waals surface area contributed by atoms with Gasteiger partial charge < -0.3 is 9.47 Å². The molecule has 0 saturated heterocycles. The van der Waals surface area contributed by atoms with Gasteiger partial charge in [-0.25, -0.2) is 4.79 Å². The largest absolute Gasteiger partial charge is 0.513 e. The van der Waals surface area contributed by atoms with Crippen molar-refractivity contribution in [3.8, 4) is 5.75 Å². The van der Waals surface area contributed by atoms with Gasteiger partial charge in [0.2, 0.25) is 0 Å². The monoisotopic (exact) mass is 284 g/mol. The Bertz CT molecular complexity index is 675. The first-order valence-electron chi connectivity index (χ1n) is 6.50. The minimum Gasteiger partial charge on any atom is -0.437 e. The van der Waals surface area contributed by atoms with Crippen molar-refractivity contribution >= 4 is 11.9 Å². The maximum Gasteiger partial charge on any atom is 0.513 e. The Morgan fingerprint density at radius 2 is 1.62 bits per heavy atom. The number of hydrogen-bond donors (Lipinski definition) is 0. The first-order chi connectivity index (χ1) is 10.0. The van der Waals surface area contributed by atoms with Crippen LogP contribution in [0, 0.1) is 13.8 Å². The smallest absolute Gasteiger partial charge is 0.437 e. The molecule has 2 aromatic carbocycles. The van der Waals surface area contributed by atoms with E-state index in [0.717, 1.165) is 5.56 Å². The highest BCUT2D eigenvalue weighted by Gasteiger charge is 2.18. The third kappa shape index (κ3) is 3.11. The number of methoxy groups -OCH3 is 1. The molecule has 4 nitrogen and oxygen atoms in total. The predicted molar refractivity (Wildman–Crippen MR) is 78.8 cm³/mol. The number of hydrogen-bond acceptors (Lipinski definition) is 4. The standard InChI is InChI=1S/C17H16O4/c1-11-9-10-14(12(2)16(11)21-17(19)20-3)15(18)13-7-5-4-6-8-13/h4-10H,1-3H3. The van der Waals surface area contributed by atoms with E-state index in [1.807, 2.05) is 25.1 Å². The molecule has 0 heterocycles. The molecule has 0 aromatic heterocycles. The van der Waals surface area contributed by atoms with Gasteiger partial charge in [0, 0.05) is 16.7 Å². The fourth-order valence-corrected chi connectivity index (χ4v) is 2.10. The van der Waals surface area contributed by atoms with Gasteiger partial charge in [0.15, 0.2) is 5.78 Å². The van der Waals surface area contributed by atoms with E-state index in [0.29, 0.717) is 22.4 Å². The molecule has 21 heavy (non-hydrogen) atoms. The van der Waals surface area contributed by atoms with Crippen LogP contribution in [-0.4, -0.2) is 19.0 Å². The van der Waals surface area contributed by atoms with Crippen LogP contribution >= 0.6 is 0 Å². The Morgan fingerprint density at radius 3 is 2.24 bits per heavy atom. The predicted octanol–water partition coefficient (Wildman–Crippen LogP) is 3.68. The number of benzene rings is 2. The van der Waals surface area contributed by atoms with Crippen molar-refractivity contribution in [1.82, 2.24) is 0 Å². The van der Waals surface area contributed by atoms with E-state index < -0.39 is 6.16 Å². The van der Waals surface area contributed by atoms with Gasteiger partial charge in [0.05, 0.1) is 7.11 Å². The second-order valence-electron chi connectivity index (χ2n) is 4.64. The molecule has 0 aliphatic heterocycles. The summed E-state index contributed by atoms with van der Waals surface area (Å²) >= 11 is 0. The molecule has 0 fully saturated rings. The first kappa shape index (κ1) is 14.8. The number of rotatable bonds is 3. The van der Waals surface area contributed by atoms with E-state index in [2.05, 4.69) is 4.74 Å². The highest BCUT2D eigenvalue weighted by atomic mass is 16.7. The fraction of sp³-hybridized carbons (Fsp3) is 0.176. The third-order valence-corrected chi connectivity index (χ3v) is 3.24. The molecular weight excluding hydrogens is 268 g/mol. The molecule has 0 amide bonds. The number of ketones is 1. The van der Waals surface area contributed by atoms with E-state index >= 15 is 0 Å². The van der Waals surface area contributed by atoms with Crippen LogP contribution in [0.5, 0.6) is 5.75 Å². The maximum absolute atomic E-state index is 12.5. The molecule has 0 aliphatic rings. The number of carbonyl (C=O) groups excluding carboxylic acids is 2. The lowest BCUT2D eigenvalue weighted by Gasteiger charge is -2.13. The minimum absolute atomic E-state index is 0.109.